The number of carbonyl (C=O) groups excluding carboxylic acids is 1. The van der Waals surface area contributed by atoms with Crippen molar-refractivity contribution in [2.45, 2.75) is 129 Å². The number of esters is 1. The molecule has 2 rings (SSSR count). The van der Waals surface area contributed by atoms with Gasteiger partial charge in [0.05, 0.1) is 6.61 Å². The Labute approximate surface area is 191 Å². The van der Waals surface area contributed by atoms with E-state index in [9.17, 15) is 4.79 Å². The Bertz CT molecular complexity index is 580. The van der Waals surface area contributed by atoms with E-state index in [1.807, 2.05) is 0 Å². The van der Waals surface area contributed by atoms with Crippen LogP contribution >= 0.6 is 0 Å². The van der Waals surface area contributed by atoms with Gasteiger partial charge in [0.25, 0.3) is 0 Å². The molecule has 0 heterocycles. The molecule has 1 aliphatic carbocycles. The minimum Gasteiger partial charge on any atom is -0.494 e. The first-order valence-corrected chi connectivity index (χ1v) is 13.2. The summed E-state index contributed by atoms with van der Waals surface area (Å²) >= 11 is 0. The fourth-order valence-electron chi connectivity index (χ4n) is 4.57. The summed E-state index contributed by atoms with van der Waals surface area (Å²) in [5, 5.41) is 0. The summed E-state index contributed by atoms with van der Waals surface area (Å²) in [7, 11) is 0. The number of benzene rings is 1. The van der Waals surface area contributed by atoms with Crippen LogP contribution < -0.4 is 4.74 Å². The van der Waals surface area contributed by atoms with Gasteiger partial charge in [-0.2, -0.15) is 0 Å². The molecule has 0 aromatic heterocycles. The van der Waals surface area contributed by atoms with Gasteiger partial charge in [-0.15, -0.1) is 0 Å². The van der Waals surface area contributed by atoms with E-state index in [2.05, 4.69) is 38.1 Å². The second-order valence-electron chi connectivity index (χ2n) is 9.27. The average molecular weight is 431 g/mol. The van der Waals surface area contributed by atoms with E-state index < -0.39 is 0 Å². The van der Waals surface area contributed by atoms with Crippen LogP contribution in [0.3, 0.4) is 0 Å². The van der Waals surface area contributed by atoms with Crippen molar-refractivity contribution in [1.82, 2.24) is 0 Å². The van der Waals surface area contributed by atoms with E-state index >= 15 is 0 Å². The number of hydrogen-bond donors (Lipinski definition) is 0. The zero-order valence-corrected chi connectivity index (χ0v) is 20.2. The topological polar surface area (TPSA) is 35.5 Å². The average Bonchev–Trinajstić information content (AvgIpc) is 2.79. The Morgan fingerprint density at radius 1 is 0.806 bits per heavy atom. The summed E-state index contributed by atoms with van der Waals surface area (Å²) < 4.78 is 11.8. The van der Waals surface area contributed by atoms with Crippen LogP contribution in [-0.4, -0.2) is 18.7 Å². The summed E-state index contributed by atoms with van der Waals surface area (Å²) in [6.45, 7) is 5.21. The van der Waals surface area contributed by atoms with Crippen molar-refractivity contribution < 1.29 is 14.3 Å². The maximum Gasteiger partial charge on any atom is 0.306 e. The summed E-state index contributed by atoms with van der Waals surface area (Å²) in [6, 6.07) is 8.47. The van der Waals surface area contributed by atoms with Gasteiger partial charge in [0, 0.05) is 12.3 Å². The zero-order valence-electron chi connectivity index (χ0n) is 20.2. The Morgan fingerprint density at radius 2 is 1.42 bits per heavy atom. The fraction of sp³-hybridized carbons (Fsp3) is 0.750. The third-order valence-electron chi connectivity index (χ3n) is 6.54. The van der Waals surface area contributed by atoms with Crippen molar-refractivity contribution >= 4 is 5.97 Å². The van der Waals surface area contributed by atoms with Crippen LogP contribution in [0, 0.1) is 0 Å². The second-order valence-corrected chi connectivity index (χ2v) is 9.27. The first kappa shape index (κ1) is 25.7. The van der Waals surface area contributed by atoms with Gasteiger partial charge >= 0.3 is 5.97 Å². The fourth-order valence-corrected chi connectivity index (χ4v) is 4.57. The molecular weight excluding hydrogens is 384 g/mol. The molecule has 0 amide bonds. The molecule has 0 bridgehead atoms. The third kappa shape index (κ3) is 10.6. The molecule has 1 aromatic carbocycles. The quantitative estimate of drug-likeness (QED) is 0.195. The van der Waals surface area contributed by atoms with Crippen molar-refractivity contribution in [3.63, 3.8) is 0 Å². The molecule has 176 valence electrons. The molecule has 1 fully saturated rings. The number of hydrogen-bond acceptors (Lipinski definition) is 3. The molecule has 1 aliphatic rings. The highest BCUT2D eigenvalue weighted by molar-refractivity contribution is 5.69. The number of rotatable bonds is 16. The van der Waals surface area contributed by atoms with E-state index in [0.717, 1.165) is 57.3 Å². The predicted octanol–water partition coefficient (Wildman–Crippen LogP) is 8.36. The summed E-state index contributed by atoms with van der Waals surface area (Å²) in [5.41, 5.74) is 1.28. The lowest BCUT2D eigenvalue weighted by molar-refractivity contribution is -0.151. The minimum absolute atomic E-state index is 0.000588. The van der Waals surface area contributed by atoms with Gasteiger partial charge in [-0.05, 0) is 49.8 Å². The zero-order chi connectivity index (χ0) is 22.2. The molecule has 2 atom stereocenters. The molecule has 31 heavy (non-hydrogen) atoms. The first-order chi connectivity index (χ1) is 15.2. The van der Waals surface area contributed by atoms with E-state index in [1.54, 1.807) is 0 Å². The number of ether oxygens (including phenoxy) is 2. The molecule has 3 nitrogen and oxygen atoms in total. The molecule has 0 N–H and O–H groups in total. The van der Waals surface area contributed by atoms with E-state index in [4.69, 9.17) is 9.47 Å². The highest BCUT2D eigenvalue weighted by Crippen LogP contribution is 2.36. The molecule has 3 heteroatoms. The van der Waals surface area contributed by atoms with Crippen molar-refractivity contribution in [2.75, 3.05) is 6.61 Å². The molecule has 0 radical (unpaired) electrons. The Morgan fingerprint density at radius 3 is 2.10 bits per heavy atom. The highest BCUT2D eigenvalue weighted by atomic mass is 16.5. The van der Waals surface area contributed by atoms with Gasteiger partial charge in [0.2, 0.25) is 0 Å². The Hall–Kier alpha value is -1.51. The third-order valence-corrected chi connectivity index (χ3v) is 6.54. The maximum absolute atomic E-state index is 12.5. The minimum atomic E-state index is -0.000588. The molecule has 1 aromatic rings. The van der Waals surface area contributed by atoms with Crippen molar-refractivity contribution in [3.8, 4) is 5.75 Å². The second kappa shape index (κ2) is 16.2. The van der Waals surface area contributed by atoms with E-state index in [0.29, 0.717) is 12.3 Å². The SMILES string of the molecule is CCCCCCCCCCCC(=O)O[C@H]1CCCC[C@@H]1c1ccc(OCCCC)cc1. The van der Waals surface area contributed by atoms with Gasteiger partial charge in [-0.1, -0.05) is 90.2 Å². The molecule has 0 saturated heterocycles. The largest absolute Gasteiger partial charge is 0.494 e. The van der Waals surface area contributed by atoms with Crippen LogP contribution in [0.15, 0.2) is 24.3 Å². The van der Waals surface area contributed by atoms with Gasteiger partial charge in [-0.25, -0.2) is 0 Å². The van der Waals surface area contributed by atoms with Crippen molar-refractivity contribution in [3.05, 3.63) is 29.8 Å². The van der Waals surface area contributed by atoms with Gasteiger partial charge in [-0.3, -0.25) is 4.79 Å². The lowest BCUT2D eigenvalue weighted by Gasteiger charge is -2.31. The monoisotopic (exact) mass is 430 g/mol. The summed E-state index contributed by atoms with van der Waals surface area (Å²) in [6.07, 6.45) is 18.7. The van der Waals surface area contributed by atoms with Crippen molar-refractivity contribution in [1.29, 1.82) is 0 Å². The van der Waals surface area contributed by atoms with Crippen LogP contribution in [0.5, 0.6) is 5.75 Å². The highest BCUT2D eigenvalue weighted by Gasteiger charge is 2.29. The van der Waals surface area contributed by atoms with Crippen LogP contribution in [0.25, 0.3) is 0 Å². The Balaban J connectivity index is 1.68. The normalized spacial score (nSPS) is 18.6. The predicted molar refractivity (Wildman–Crippen MR) is 130 cm³/mol. The number of unbranched alkanes of at least 4 members (excludes halogenated alkanes) is 9. The van der Waals surface area contributed by atoms with E-state index in [-0.39, 0.29) is 12.1 Å². The molecule has 1 saturated carbocycles. The molecule has 0 unspecified atom stereocenters. The lowest BCUT2D eigenvalue weighted by Crippen LogP contribution is -2.28. The van der Waals surface area contributed by atoms with Crippen LogP contribution in [0.2, 0.25) is 0 Å². The lowest BCUT2D eigenvalue weighted by atomic mass is 9.81. The van der Waals surface area contributed by atoms with Gasteiger partial charge in [0.1, 0.15) is 11.9 Å². The number of carbonyl (C=O) groups is 1. The summed E-state index contributed by atoms with van der Waals surface area (Å²) in [4.78, 5) is 12.5. The molecule has 0 spiro atoms. The van der Waals surface area contributed by atoms with E-state index in [1.165, 1.54) is 56.9 Å². The van der Waals surface area contributed by atoms with Gasteiger partial charge < -0.3 is 9.47 Å². The smallest absolute Gasteiger partial charge is 0.306 e. The van der Waals surface area contributed by atoms with Crippen LogP contribution in [0.4, 0.5) is 0 Å². The van der Waals surface area contributed by atoms with Crippen molar-refractivity contribution in [2.24, 2.45) is 0 Å². The maximum atomic E-state index is 12.5. The molecule has 0 aliphatic heterocycles. The summed E-state index contributed by atoms with van der Waals surface area (Å²) in [5.74, 6) is 1.26. The molecular formula is C28H46O3. The Kier molecular flexibility index (Phi) is 13.4. The van der Waals surface area contributed by atoms with Crippen LogP contribution in [-0.2, 0) is 9.53 Å². The standard InChI is InChI=1S/C28H46O3/c1-3-5-7-8-9-10-11-12-13-18-28(29)31-27-17-15-14-16-26(27)24-19-21-25(22-20-24)30-23-6-4-2/h19-22,26-27H,3-18,23H2,1-2H3/t26-,27+/m1/s1. The van der Waals surface area contributed by atoms with Crippen LogP contribution in [0.1, 0.15) is 128 Å². The van der Waals surface area contributed by atoms with Gasteiger partial charge in [0.15, 0.2) is 0 Å². The first-order valence-electron chi connectivity index (χ1n) is 13.2.